The highest BCUT2D eigenvalue weighted by molar-refractivity contribution is 5.82. The van der Waals surface area contributed by atoms with Crippen LogP contribution in [0.4, 0.5) is 8.78 Å². The van der Waals surface area contributed by atoms with Crippen LogP contribution in [0.15, 0.2) is 18.2 Å². The lowest BCUT2D eigenvalue weighted by atomic mass is 10.1. The molecule has 2 rings (SSSR count). The van der Waals surface area contributed by atoms with Crippen LogP contribution >= 0.6 is 0 Å². The topological polar surface area (TPSA) is 41.1 Å². The first-order valence-corrected chi connectivity index (χ1v) is 6.07. The van der Waals surface area contributed by atoms with Gasteiger partial charge in [0.15, 0.2) is 11.6 Å². The molecular weight excluding hydrogens is 238 g/mol. The molecule has 0 bridgehead atoms. The minimum atomic E-state index is -0.898. The van der Waals surface area contributed by atoms with E-state index in [-0.39, 0.29) is 17.5 Å². The van der Waals surface area contributed by atoms with E-state index in [2.05, 4.69) is 10.6 Å². The van der Waals surface area contributed by atoms with Crippen molar-refractivity contribution in [2.75, 3.05) is 6.54 Å². The summed E-state index contributed by atoms with van der Waals surface area (Å²) in [6, 6.07) is 3.21. The molecule has 1 aliphatic heterocycles. The number of nitrogens with one attached hydrogen (secondary N) is 2. The Kier molecular flexibility index (Phi) is 3.91. The van der Waals surface area contributed by atoms with Gasteiger partial charge < -0.3 is 10.6 Å². The molecule has 0 aromatic heterocycles. The van der Waals surface area contributed by atoms with Crippen LogP contribution in [-0.2, 0) is 4.79 Å². The van der Waals surface area contributed by atoms with Gasteiger partial charge in [0.25, 0.3) is 0 Å². The molecule has 18 heavy (non-hydrogen) atoms. The molecule has 3 nitrogen and oxygen atoms in total. The number of halogens is 2. The maximum atomic E-state index is 13.5. The first-order chi connectivity index (χ1) is 8.59. The Morgan fingerprint density at radius 1 is 1.50 bits per heavy atom. The van der Waals surface area contributed by atoms with E-state index in [1.165, 1.54) is 12.1 Å². The summed E-state index contributed by atoms with van der Waals surface area (Å²) in [5.41, 5.74) is 0.168. The molecule has 1 fully saturated rings. The molecule has 0 unspecified atom stereocenters. The predicted molar refractivity (Wildman–Crippen MR) is 63.9 cm³/mol. The first-order valence-electron chi connectivity index (χ1n) is 6.07. The smallest absolute Gasteiger partial charge is 0.237 e. The van der Waals surface area contributed by atoms with Crippen molar-refractivity contribution in [3.05, 3.63) is 35.4 Å². The molecule has 1 aliphatic rings. The molecule has 1 amide bonds. The van der Waals surface area contributed by atoms with Crippen LogP contribution in [0, 0.1) is 11.6 Å². The zero-order valence-corrected chi connectivity index (χ0v) is 10.2. The standard InChI is InChI=1S/C13H16F2N2O/c1-8(9-4-2-5-10(14)12(9)15)17-13(18)11-6-3-7-16-11/h2,4-5,8,11,16H,3,6-7H2,1H3,(H,17,18)/t8-,11-/m0/s1. The zero-order chi connectivity index (χ0) is 13.1. The van der Waals surface area contributed by atoms with Crippen molar-refractivity contribution in [1.82, 2.24) is 10.6 Å². The summed E-state index contributed by atoms with van der Waals surface area (Å²) in [6.45, 7) is 2.46. The van der Waals surface area contributed by atoms with Crippen molar-refractivity contribution in [2.24, 2.45) is 0 Å². The van der Waals surface area contributed by atoms with Crippen molar-refractivity contribution in [3.8, 4) is 0 Å². The van der Waals surface area contributed by atoms with Gasteiger partial charge in [-0.15, -0.1) is 0 Å². The molecule has 2 atom stereocenters. The molecule has 0 aliphatic carbocycles. The fourth-order valence-electron chi connectivity index (χ4n) is 2.15. The van der Waals surface area contributed by atoms with Crippen LogP contribution in [0.3, 0.4) is 0 Å². The van der Waals surface area contributed by atoms with E-state index in [0.29, 0.717) is 0 Å². The summed E-state index contributed by atoms with van der Waals surface area (Å²) < 4.78 is 26.6. The maximum Gasteiger partial charge on any atom is 0.237 e. The Hall–Kier alpha value is -1.49. The first kappa shape index (κ1) is 13.0. The lowest BCUT2D eigenvalue weighted by Gasteiger charge is -2.18. The van der Waals surface area contributed by atoms with Crippen LogP contribution in [0.1, 0.15) is 31.4 Å². The molecule has 1 aromatic rings. The lowest BCUT2D eigenvalue weighted by molar-refractivity contribution is -0.123. The van der Waals surface area contributed by atoms with Crippen molar-refractivity contribution in [2.45, 2.75) is 31.8 Å². The van der Waals surface area contributed by atoms with E-state index in [1.54, 1.807) is 6.92 Å². The van der Waals surface area contributed by atoms with E-state index >= 15 is 0 Å². The van der Waals surface area contributed by atoms with Gasteiger partial charge in [0, 0.05) is 5.56 Å². The van der Waals surface area contributed by atoms with E-state index in [1.807, 2.05) is 0 Å². The third-order valence-electron chi connectivity index (χ3n) is 3.18. The second-order valence-corrected chi connectivity index (χ2v) is 4.52. The number of rotatable bonds is 3. The van der Waals surface area contributed by atoms with Crippen LogP contribution < -0.4 is 10.6 Å². The summed E-state index contributed by atoms with van der Waals surface area (Å²) in [4.78, 5) is 11.8. The Morgan fingerprint density at radius 2 is 2.28 bits per heavy atom. The number of carbonyl (C=O) groups is 1. The quantitative estimate of drug-likeness (QED) is 0.865. The number of benzene rings is 1. The summed E-state index contributed by atoms with van der Waals surface area (Å²) in [5, 5.41) is 5.76. The number of amides is 1. The van der Waals surface area contributed by atoms with E-state index < -0.39 is 17.7 Å². The van der Waals surface area contributed by atoms with Crippen molar-refractivity contribution >= 4 is 5.91 Å². The summed E-state index contributed by atoms with van der Waals surface area (Å²) in [7, 11) is 0. The monoisotopic (exact) mass is 254 g/mol. The second-order valence-electron chi connectivity index (χ2n) is 4.52. The maximum absolute atomic E-state index is 13.5. The molecular formula is C13H16F2N2O. The summed E-state index contributed by atoms with van der Waals surface area (Å²) in [5.74, 6) is -1.96. The second kappa shape index (κ2) is 5.44. The molecule has 2 N–H and O–H groups in total. The highest BCUT2D eigenvalue weighted by atomic mass is 19.2. The minimum absolute atomic E-state index is 0.163. The number of hydrogen-bond donors (Lipinski definition) is 2. The zero-order valence-electron chi connectivity index (χ0n) is 10.2. The van der Waals surface area contributed by atoms with Gasteiger partial charge in [0.2, 0.25) is 5.91 Å². The molecule has 1 aromatic carbocycles. The Balaban J connectivity index is 2.04. The molecule has 0 radical (unpaired) electrons. The van der Waals surface area contributed by atoms with Gasteiger partial charge in [-0.05, 0) is 32.4 Å². The van der Waals surface area contributed by atoms with Gasteiger partial charge in [-0.1, -0.05) is 12.1 Å². The molecule has 98 valence electrons. The Labute approximate surface area is 105 Å². The van der Waals surface area contributed by atoms with Crippen LogP contribution in [0.2, 0.25) is 0 Å². The fourth-order valence-corrected chi connectivity index (χ4v) is 2.15. The molecule has 1 saturated heterocycles. The predicted octanol–water partition coefficient (Wildman–Crippen LogP) is 1.89. The fraction of sp³-hybridized carbons (Fsp3) is 0.462. The number of hydrogen-bond acceptors (Lipinski definition) is 2. The van der Waals surface area contributed by atoms with Crippen molar-refractivity contribution in [1.29, 1.82) is 0 Å². The van der Waals surface area contributed by atoms with Gasteiger partial charge in [-0.2, -0.15) is 0 Å². The highest BCUT2D eigenvalue weighted by Crippen LogP contribution is 2.19. The van der Waals surface area contributed by atoms with Crippen LogP contribution in [-0.4, -0.2) is 18.5 Å². The van der Waals surface area contributed by atoms with Crippen molar-refractivity contribution < 1.29 is 13.6 Å². The van der Waals surface area contributed by atoms with E-state index in [4.69, 9.17) is 0 Å². The number of carbonyl (C=O) groups excluding carboxylic acids is 1. The third kappa shape index (κ3) is 2.67. The van der Waals surface area contributed by atoms with Gasteiger partial charge in [0.05, 0.1) is 12.1 Å². The summed E-state index contributed by atoms with van der Waals surface area (Å²) in [6.07, 6.45) is 1.74. The van der Waals surface area contributed by atoms with Crippen LogP contribution in [0.25, 0.3) is 0 Å². The van der Waals surface area contributed by atoms with Crippen molar-refractivity contribution in [3.63, 3.8) is 0 Å². The molecule has 0 spiro atoms. The van der Waals surface area contributed by atoms with Gasteiger partial charge in [0.1, 0.15) is 0 Å². The summed E-state index contributed by atoms with van der Waals surface area (Å²) >= 11 is 0. The molecule has 1 heterocycles. The van der Waals surface area contributed by atoms with E-state index in [0.717, 1.165) is 25.5 Å². The van der Waals surface area contributed by atoms with Gasteiger partial charge in [-0.25, -0.2) is 8.78 Å². The molecule has 5 heteroatoms. The Bertz CT molecular complexity index is 445. The average Bonchev–Trinajstić information content (AvgIpc) is 2.86. The van der Waals surface area contributed by atoms with E-state index in [9.17, 15) is 13.6 Å². The minimum Gasteiger partial charge on any atom is -0.348 e. The SMILES string of the molecule is C[C@H](NC(=O)[C@@H]1CCCN1)c1cccc(F)c1F. The third-order valence-corrected chi connectivity index (χ3v) is 3.18. The largest absolute Gasteiger partial charge is 0.348 e. The molecule has 0 saturated carbocycles. The van der Waals surface area contributed by atoms with Gasteiger partial charge in [-0.3, -0.25) is 4.79 Å². The Morgan fingerprint density at radius 3 is 2.94 bits per heavy atom. The normalized spacial score (nSPS) is 20.7. The highest BCUT2D eigenvalue weighted by Gasteiger charge is 2.24. The lowest BCUT2D eigenvalue weighted by Crippen LogP contribution is -2.41. The average molecular weight is 254 g/mol. The van der Waals surface area contributed by atoms with Gasteiger partial charge >= 0.3 is 0 Å². The van der Waals surface area contributed by atoms with Crippen LogP contribution in [0.5, 0.6) is 0 Å².